The van der Waals surface area contributed by atoms with Crippen LogP contribution in [0.3, 0.4) is 0 Å². The van der Waals surface area contributed by atoms with Gasteiger partial charge in [-0.2, -0.15) is 0 Å². The van der Waals surface area contributed by atoms with E-state index >= 15 is 0 Å². The van der Waals surface area contributed by atoms with Crippen LogP contribution in [-0.4, -0.2) is 193 Å². The Bertz CT molecular complexity index is 2500. The van der Waals surface area contributed by atoms with E-state index < -0.39 is 124 Å². The molecule has 3 fully saturated rings. The van der Waals surface area contributed by atoms with Gasteiger partial charge in [0.15, 0.2) is 18.9 Å². The summed E-state index contributed by atoms with van der Waals surface area (Å²) in [6, 6.07) is -0.991. The minimum absolute atomic E-state index is 0.223. The highest BCUT2D eigenvalue weighted by atomic mass is 16.8. The molecule has 112 heavy (non-hydrogen) atoms. The number of amides is 1. The van der Waals surface area contributed by atoms with Crippen molar-refractivity contribution in [3.05, 3.63) is 122 Å². The van der Waals surface area contributed by atoms with Gasteiger partial charge in [0, 0.05) is 6.42 Å². The van der Waals surface area contributed by atoms with Gasteiger partial charge in [0.05, 0.1) is 38.6 Å². The van der Waals surface area contributed by atoms with Crippen LogP contribution >= 0.6 is 0 Å². The lowest BCUT2D eigenvalue weighted by molar-refractivity contribution is -0.379. The second kappa shape index (κ2) is 71.3. The third-order valence-corrected chi connectivity index (χ3v) is 21.5. The van der Waals surface area contributed by atoms with Gasteiger partial charge in [-0.15, -0.1) is 0 Å². The van der Waals surface area contributed by atoms with Crippen molar-refractivity contribution in [3.63, 3.8) is 0 Å². The molecule has 12 N–H and O–H groups in total. The number of unbranched alkanes of at least 4 members (excludes halogenated alkanes) is 37. The number of ether oxygens (including phenoxy) is 6. The smallest absolute Gasteiger partial charge is 0.220 e. The summed E-state index contributed by atoms with van der Waals surface area (Å²) in [5.41, 5.74) is 0. The normalized spacial score (nSPS) is 25.5. The Morgan fingerprint density at radius 1 is 0.330 bits per heavy atom. The lowest BCUT2D eigenvalue weighted by atomic mass is 9.96. The Hall–Kier alpha value is -3.81. The monoisotopic (exact) mass is 1580 g/mol. The van der Waals surface area contributed by atoms with Gasteiger partial charge in [-0.3, -0.25) is 4.79 Å². The van der Waals surface area contributed by atoms with E-state index in [0.717, 1.165) is 128 Å². The largest absolute Gasteiger partial charge is 0.394 e. The molecule has 17 atom stereocenters. The van der Waals surface area contributed by atoms with Crippen LogP contribution in [0.4, 0.5) is 0 Å². The molecule has 646 valence electrons. The molecular weight excluding hydrogens is 1420 g/mol. The quantitative estimate of drug-likeness (QED) is 0.0199. The molecule has 3 heterocycles. The lowest BCUT2D eigenvalue weighted by Gasteiger charge is -2.48. The first-order chi connectivity index (χ1) is 54.8. The number of carbonyl (C=O) groups is 1. The third-order valence-electron chi connectivity index (χ3n) is 21.5. The molecule has 3 aliphatic rings. The van der Waals surface area contributed by atoms with E-state index in [-0.39, 0.29) is 18.9 Å². The van der Waals surface area contributed by atoms with E-state index in [9.17, 15) is 61.0 Å². The molecule has 3 rings (SSSR count). The average molecular weight is 1580 g/mol. The van der Waals surface area contributed by atoms with Crippen LogP contribution in [-0.2, 0) is 33.2 Å². The first kappa shape index (κ1) is 102. The first-order valence-electron chi connectivity index (χ1n) is 44.8. The summed E-state index contributed by atoms with van der Waals surface area (Å²) in [5.74, 6) is -0.288. The van der Waals surface area contributed by atoms with Crippen LogP contribution in [0.5, 0.6) is 0 Å². The molecule has 19 heteroatoms. The standard InChI is InChI=1S/C93H161NO18/c1-3-5-7-9-11-13-15-17-19-21-23-25-27-29-31-33-35-37-38-39-41-43-45-47-49-51-53-55-57-59-61-63-65-67-69-71-81(99)94-76(77(98)70-68-66-64-62-60-58-56-54-52-50-48-46-44-42-40-36-34-32-30-28-26-24-22-20-18-16-14-12-10-8-6-4-2)75-107-91-87(105)84(102)89(79(73-96)109-91)112-93-88(106)85(103)90(80(74-97)110-93)111-92-86(104)83(101)82(100)78(72-95)108-92/h5,7,11,13,17,19,23,25,29,31,35,37,39,41,45,47,51,53,68,70,76-80,82-93,95-98,100-106H,3-4,6,8-10,12,14-16,18,20-22,24,26-28,30,32-34,36,38,40,42-44,46,48-50,52,54-67,69,71-75H2,1-2H3,(H,94,99)/b7-5-,13-11-,19-17-,25-23-,31-29-,37-35-,41-39-,47-45-,53-51-,70-68+. The Morgan fingerprint density at radius 2 is 0.616 bits per heavy atom. The van der Waals surface area contributed by atoms with Gasteiger partial charge in [-0.25, -0.2) is 0 Å². The molecule has 0 aromatic carbocycles. The minimum Gasteiger partial charge on any atom is -0.394 e. The molecule has 19 nitrogen and oxygen atoms in total. The number of aliphatic hydroxyl groups excluding tert-OH is 11. The minimum atomic E-state index is -1.99. The number of allylic oxidation sites excluding steroid dienone is 19. The summed E-state index contributed by atoms with van der Waals surface area (Å²) < 4.78 is 34.5. The fourth-order valence-electron chi connectivity index (χ4n) is 14.4. The highest BCUT2D eigenvalue weighted by Gasteiger charge is 2.54. The molecule has 1 amide bonds. The van der Waals surface area contributed by atoms with Crippen molar-refractivity contribution in [3.8, 4) is 0 Å². The van der Waals surface area contributed by atoms with Crippen molar-refractivity contribution < 1.29 is 89.4 Å². The van der Waals surface area contributed by atoms with Crippen LogP contribution in [0.2, 0.25) is 0 Å². The van der Waals surface area contributed by atoms with Crippen LogP contribution in [0.15, 0.2) is 122 Å². The molecule has 0 radical (unpaired) electrons. The summed E-state index contributed by atoms with van der Waals surface area (Å²) in [6.45, 7) is 1.64. The summed E-state index contributed by atoms with van der Waals surface area (Å²) in [7, 11) is 0. The van der Waals surface area contributed by atoms with Gasteiger partial charge < -0.3 is 89.9 Å². The zero-order valence-corrected chi connectivity index (χ0v) is 69.6. The number of rotatable bonds is 71. The molecule has 0 bridgehead atoms. The number of carbonyl (C=O) groups excluding carboxylic acids is 1. The van der Waals surface area contributed by atoms with Gasteiger partial charge in [0.1, 0.15) is 73.2 Å². The van der Waals surface area contributed by atoms with Crippen molar-refractivity contribution in [1.29, 1.82) is 0 Å². The highest BCUT2D eigenvalue weighted by Crippen LogP contribution is 2.33. The van der Waals surface area contributed by atoms with Gasteiger partial charge in [-0.05, 0) is 89.9 Å². The first-order valence-corrected chi connectivity index (χ1v) is 44.8. The Kier molecular flexibility index (Phi) is 65.2. The maximum absolute atomic E-state index is 13.5. The Morgan fingerprint density at radius 3 is 0.964 bits per heavy atom. The van der Waals surface area contributed by atoms with E-state index in [2.05, 4.69) is 129 Å². The number of aliphatic hydroxyl groups is 11. The van der Waals surface area contributed by atoms with E-state index in [0.29, 0.717) is 6.42 Å². The maximum atomic E-state index is 13.5. The van der Waals surface area contributed by atoms with Crippen molar-refractivity contribution in [2.45, 2.75) is 433 Å². The topological polar surface area (TPSA) is 307 Å². The molecule has 17 unspecified atom stereocenters. The fourth-order valence-corrected chi connectivity index (χ4v) is 14.4. The SMILES string of the molecule is CC/C=C\C/C=C\C/C=C\C/C=C\C/C=C\C/C=C\C/C=C\C/C=C\C/C=C\CCCCCCCCCC(=O)NC(COC1OC(CO)C(OC2OC(CO)C(OC3OC(CO)C(O)C(O)C3O)C(O)C2O)C(O)C1O)C(O)/C=C/CCCCCCCCCCCCCCCCCCCCCCCCCCCCCCCC. The Balaban J connectivity index is 1.35. The molecular formula is C93H161NO18. The maximum Gasteiger partial charge on any atom is 0.220 e. The van der Waals surface area contributed by atoms with Gasteiger partial charge in [0.25, 0.3) is 0 Å². The fraction of sp³-hybridized carbons (Fsp3) is 0.774. The summed E-state index contributed by atoms with van der Waals surface area (Å²) in [5, 5.41) is 121. The molecule has 3 aliphatic heterocycles. The molecule has 0 aromatic rings. The summed E-state index contributed by atoms with van der Waals surface area (Å²) in [6.07, 6.45) is 74.8. The van der Waals surface area contributed by atoms with Crippen molar-refractivity contribution >= 4 is 5.91 Å². The lowest BCUT2D eigenvalue weighted by Crippen LogP contribution is -2.66. The van der Waals surface area contributed by atoms with Crippen molar-refractivity contribution in [2.24, 2.45) is 0 Å². The van der Waals surface area contributed by atoms with Crippen LogP contribution in [0, 0.1) is 0 Å². The third kappa shape index (κ3) is 49.4. The Labute approximate surface area is 678 Å². The van der Waals surface area contributed by atoms with E-state index in [1.54, 1.807) is 6.08 Å². The summed E-state index contributed by atoms with van der Waals surface area (Å²) in [4.78, 5) is 13.5. The predicted octanol–water partition coefficient (Wildman–Crippen LogP) is 17.0. The molecule has 0 spiro atoms. The average Bonchev–Trinajstić information content (AvgIpc) is 0.782. The zero-order valence-electron chi connectivity index (χ0n) is 69.6. The van der Waals surface area contributed by atoms with Crippen molar-refractivity contribution in [2.75, 3.05) is 26.4 Å². The second-order valence-corrected chi connectivity index (χ2v) is 31.3. The van der Waals surface area contributed by atoms with Crippen LogP contribution in [0.25, 0.3) is 0 Å². The van der Waals surface area contributed by atoms with Crippen LogP contribution < -0.4 is 5.32 Å². The molecule has 0 aromatic heterocycles. The second-order valence-electron chi connectivity index (χ2n) is 31.3. The number of nitrogens with one attached hydrogen (secondary N) is 1. The highest BCUT2D eigenvalue weighted by molar-refractivity contribution is 5.76. The van der Waals surface area contributed by atoms with Crippen LogP contribution in [0.1, 0.15) is 328 Å². The van der Waals surface area contributed by atoms with E-state index in [1.165, 1.54) is 173 Å². The zero-order chi connectivity index (χ0) is 81.0. The van der Waals surface area contributed by atoms with Gasteiger partial charge >= 0.3 is 0 Å². The van der Waals surface area contributed by atoms with Gasteiger partial charge in [-0.1, -0.05) is 354 Å². The predicted molar refractivity (Wildman–Crippen MR) is 452 cm³/mol. The molecule has 0 aliphatic carbocycles. The van der Waals surface area contributed by atoms with Crippen molar-refractivity contribution in [1.82, 2.24) is 5.32 Å². The van der Waals surface area contributed by atoms with Gasteiger partial charge in [0.2, 0.25) is 5.91 Å². The number of hydrogen-bond acceptors (Lipinski definition) is 18. The molecule has 0 saturated carbocycles. The van der Waals surface area contributed by atoms with E-state index in [4.69, 9.17) is 28.4 Å². The van der Waals surface area contributed by atoms with E-state index in [1.807, 2.05) is 6.08 Å². The number of hydrogen-bond donors (Lipinski definition) is 12. The summed E-state index contributed by atoms with van der Waals surface area (Å²) >= 11 is 0. The molecule has 3 saturated heterocycles.